The Labute approximate surface area is 126 Å². The van der Waals surface area contributed by atoms with Crippen molar-refractivity contribution in [1.82, 2.24) is 4.98 Å². The van der Waals surface area contributed by atoms with Gasteiger partial charge in [0.2, 0.25) is 0 Å². The molecule has 0 unspecified atom stereocenters. The smallest absolute Gasteiger partial charge is 0.330 e. The number of aromatic nitrogens is 1. The molecule has 8 heteroatoms. The number of ether oxygens (including phenoxy) is 2. The lowest BCUT2D eigenvalue weighted by Gasteiger charge is -2.02. The minimum absolute atomic E-state index is 0.0521. The first-order valence-electron chi connectivity index (χ1n) is 6.24. The number of hydrogen-bond donors (Lipinski definition) is 1. The SMILES string of the molecule is C/C=C/C(=O)OCC(=O)Nc1nc(CC(=O)OCC)cs1. The van der Waals surface area contributed by atoms with Crippen LogP contribution in [0.4, 0.5) is 5.13 Å². The van der Waals surface area contributed by atoms with Gasteiger partial charge >= 0.3 is 11.9 Å². The van der Waals surface area contributed by atoms with E-state index < -0.39 is 18.5 Å². The summed E-state index contributed by atoms with van der Waals surface area (Å²) in [6.07, 6.45) is 2.79. The summed E-state index contributed by atoms with van der Waals surface area (Å²) in [7, 11) is 0. The van der Waals surface area contributed by atoms with Gasteiger partial charge in [0.15, 0.2) is 11.7 Å². The van der Waals surface area contributed by atoms with E-state index in [4.69, 9.17) is 4.74 Å². The van der Waals surface area contributed by atoms with Crippen LogP contribution in [0.15, 0.2) is 17.5 Å². The van der Waals surface area contributed by atoms with Gasteiger partial charge in [0.25, 0.3) is 5.91 Å². The second-order valence-electron chi connectivity index (χ2n) is 3.78. The number of nitrogens with zero attached hydrogens (tertiary/aromatic N) is 1. The van der Waals surface area contributed by atoms with Crippen LogP contribution >= 0.6 is 11.3 Å². The monoisotopic (exact) mass is 312 g/mol. The molecule has 1 N–H and O–H groups in total. The lowest BCUT2D eigenvalue weighted by Crippen LogP contribution is -2.20. The molecule has 1 amide bonds. The second-order valence-corrected chi connectivity index (χ2v) is 4.64. The molecule has 0 atom stereocenters. The van der Waals surface area contributed by atoms with Crippen molar-refractivity contribution in [3.63, 3.8) is 0 Å². The first-order chi connectivity index (χ1) is 10.0. The van der Waals surface area contributed by atoms with Crippen LogP contribution in [0.3, 0.4) is 0 Å². The number of hydrogen-bond acceptors (Lipinski definition) is 7. The van der Waals surface area contributed by atoms with Gasteiger partial charge in [-0.2, -0.15) is 0 Å². The molecule has 0 bridgehead atoms. The van der Waals surface area contributed by atoms with Crippen LogP contribution in [0.5, 0.6) is 0 Å². The molecule has 1 rings (SSSR count). The van der Waals surface area contributed by atoms with E-state index in [-0.39, 0.29) is 12.4 Å². The van der Waals surface area contributed by atoms with E-state index in [1.807, 2.05) is 0 Å². The molecule has 1 heterocycles. The fraction of sp³-hybridized carbons (Fsp3) is 0.385. The van der Waals surface area contributed by atoms with Crippen LogP contribution in [0.25, 0.3) is 0 Å². The molecule has 0 aliphatic carbocycles. The zero-order valence-corrected chi connectivity index (χ0v) is 12.6. The van der Waals surface area contributed by atoms with E-state index in [0.29, 0.717) is 17.4 Å². The molecular weight excluding hydrogens is 296 g/mol. The van der Waals surface area contributed by atoms with Crippen molar-refractivity contribution >= 4 is 34.3 Å². The molecule has 0 aliphatic rings. The fourth-order valence-electron chi connectivity index (χ4n) is 1.28. The molecule has 1 aromatic rings. The fourth-order valence-corrected chi connectivity index (χ4v) is 2.01. The Kier molecular flexibility index (Phi) is 7.10. The van der Waals surface area contributed by atoms with Crippen LogP contribution in [-0.4, -0.2) is 36.0 Å². The molecule has 0 aliphatic heterocycles. The molecule has 0 saturated carbocycles. The highest BCUT2D eigenvalue weighted by Gasteiger charge is 2.11. The van der Waals surface area contributed by atoms with Gasteiger partial charge in [-0.05, 0) is 13.8 Å². The van der Waals surface area contributed by atoms with Gasteiger partial charge in [0.1, 0.15) is 0 Å². The predicted octanol–water partition coefficient (Wildman–Crippen LogP) is 1.31. The molecule has 0 saturated heterocycles. The number of nitrogens with one attached hydrogen (secondary N) is 1. The Hall–Kier alpha value is -2.22. The summed E-state index contributed by atoms with van der Waals surface area (Å²) in [5.41, 5.74) is 0.514. The van der Waals surface area contributed by atoms with Crippen molar-refractivity contribution in [3.05, 3.63) is 23.2 Å². The Balaban J connectivity index is 2.41. The highest BCUT2D eigenvalue weighted by atomic mass is 32.1. The number of rotatable bonds is 7. The Morgan fingerprint density at radius 1 is 1.38 bits per heavy atom. The Bertz CT molecular complexity index is 538. The minimum atomic E-state index is -0.588. The van der Waals surface area contributed by atoms with Crippen molar-refractivity contribution < 1.29 is 23.9 Å². The molecule has 114 valence electrons. The summed E-state index contributed by atoms with van der Waals surface area (Å²) in [6.45, 7) is 3.31. The van der Waals surface area contributed by atoms with Crippen molar-refractivity contribution in [2.45, 2.75) is 20.3 Å². The maximum absolute atomic E-state index is 11.5. The third-order valence-corrected chi connectivity index (χ3v) is 2.88. The zero-order valence-electron chi connectivity index (χ0n) is 11.8. The zero-order chi connectivity index (χ0) is 15.7. The van der Waals surface area contributed by atoms with Crippen molar-refractivity contribution in [2.24, 2.45) is 0 Å². The van der Waals surface area contributed by atoms with E-state index in [1.54, 1.807) is 19.2 Å². The largest absolute Gasteiger partial charge is 0.466 e. The molecule has 0 spiro atoms. The number of carbonyl (C=O) groups is 3. The predicted molar refractivity (Wildman–Crippen MR) is 76.9 cm³/mol. The lowest BCUT2D eigenvalue weighted by molar-refractivity contribution is -0.142. The number of esters is 2. The summed E-state index contributed by atoms with van der Waals surface area (Å²) >= 11 is 1.18. The maximum Gasteiger partial charge on any atom is 0.330 e. The van der Waals surface area contributed by atoms with Gasteiger partial charge in [-0.1, -0.05) is 6.08 Å². The van der Waals surface area contributed by atoms with Crippen LogP contribution in [0.1, 0.15) is 19.5 Å². The molecule has 0 fully saturated rings. The number of carbonyl (C=O) groups excluding carboxylic acids is 3. The summed E-state index contributed by atoms with van der Waals surface area (Å²) in [4.78, 5) is 37.9. The quantitative estimate of drug-likeness (QED) is 0.602. The highest BCUT2D eigenvalue weighted by molar-refractivity contribution is 7.13. The molecule has 0 radical (unpaired) electrons. The number of amides is 1. The minimum Gasteiger partial charge on any atom is -0.466 e. The molecule has 7 nitrogen and oxygen atoms in total. The number of thiazole rings is 1. The average Bonchev–Trinajstić information content (AvgIpc) is 2.84. The van der Waals surface area contributed by atoms with Gasteiger partial charge in [-0.15, -0.1) is 11.3 Å². The highest BCUT2D eigenvalue weighted by Crippen LogP contribution is 2.16. The van der Waals surface area contributed by atoms with Crippen LogP contribution in [-0.2, 0) is 30.3 Å². The van der Waals surface area contributed by atoms with Gasteiger partial charge < -0.3 is 9.47 Å². The topological polar surface area (TPSA) is 94.6 Å². The standard InChI is InChI=1S/C13H16N2O5S/c1-3-5-11(17)20-7-10(16)15-13-14-9(8-21-13)6-12(18)19-4-2/h3,5,8H,4,6-7H2,1-2H3,(H,14,15,16)/b5-3+. The lowest BCUT2D eigenvalue weighted by atomic mass is 10.3. The van der Waals surface area contributed by atoms with Crippen LogP contribution < -0.4 is 5.32 Å². The van der Waals surface area contributed by atoms with E-state index in [9.17, 15) is 14.4 Å². The third-order valence-electron chi connectivity index (χ3n) is 2.08. The maximum atomic E-state index is 11.5. The van der Waals surface area contributed by atoms with Crippen molar-refractivity contribution in [1.29, 1.82) is 0 Å². The van der Waals surface area contributed by atoms with Crippen LogP contribution in [0, 0.1) is 0 Å². The van der Waals surface area contributed by atoms with Gasteiger partial charge in [-0.3, -0.25) is 14.9 Å². The summed E-state index contributed by atoms with van der Waals surface area (Å²) in [5.74, 6) is -1.46. The van der Waals surface area contributed by atoms with E-state index >= 15 is 0 Å². The number of anilines is 1. The summed E-state index contributed by atoms with van der Waals surface area (Å²) in [6, 6.07) is 0. The van der Waals surface area contributed by atoms with E-state index in [2.05, 4.69) is 15.0 Å². The Morgan fingerprint density at radius 3 is 2.81 bits per heavy atom. The first-order valence-corrected chi connectivity index (χ1v) is 7.12. The first kappa shape index (κ1) is 16.8. The second kappa shape index (κ2) is 8.85. The van der Waals surface area contributed by atoms with Gasteiger partial charge in [-0.25, -0.2) is 9.78 Å². The number of allylic oxidation sites excluding steroid dienone is 1. The average molecular weight is 312 g/mol. The van der Waals surface area contributed by atoms with Crippen molar-refractivity contribution in [3.8, 4) is 0 Å². The van der Waals surface area contributed by atoms with E-state index in [0.717, 1.165) is 0 Å². The molecular formula is C13H16N2O5S. The van der Waals surface area contributed by atoms with E-state index in [1.165, 1.54) is 23.5 Å². The molecule has 1 aromatic heterocycles. The third kappa shape index (κ3) is 6.66. The summed E-state index contributed by atoms with van der Waals surface area (Å²) in [5, 5.41) is 4.47. The Morgan fingerprint density at radius 2 is 2.14 bits per heavy atom. The van der Waals surface area contributed by atoms with Crippen molar-refractivity contribution in [2.75, 3.05) is 18.5 Å². The molecule has 21 heavy (non-hydrogen) atoms. The van der Waals surface area contributed by atoms with Gasteiger partial charge in [0, 0.05) is 11.5 Å². The molecule has 0 aromatic carbocycles. The van der Waals surface area contributed by atoms with Gasteiger partial charge in [0.05, 0.1) is 18.7 Å². The summed E-state index contributed by atoms with van der Waals surface area (Å²) < 4.78 is 9.48. The normalized spacial score (nSPS) is 10.4. The van der Waals surface area contributed by atoms with Crippen LogP contribution in [0.2, 0.25) is 0 Å².